The molecule has 1 atom stereocenters. The van der Waals surface area contributed by atoms with Crippen molar-refractivity contribution in [3.63, 3.8) is 0 Å². The molecule has 1 fully saturated rings. The van der Waals surface area contributed by atoms with Crippen molar-refractivity contribution in [2.24, 2.45) is 5.92 Å². The Kier molecular flexibility index (Phi) is 5.20. The fourth-order valence-electron chi connectivity index (χ4n) is 1.88. The summed E-state index contributed by atoms with van der Waals surface area (Å²) < 4.78 is 24.5. The van der Waals surface area contributed by atoms with Crippen molar-refractivity contribution in [2.45, 2.75) is 19.8 Å². The maximum atomic E-state index is 11.7. The van der Waals surface area contributed by atoms with Gasteiger partial charge in [-0.2, -0.15) is 0 Å². The van der Waals surface area contributed by atoms with Crippen molar-refractivity contribution in [1.29, 1.82) is 0 Å². The maximum Gasteiger partial charge on any atom is 0.317 e. The molecule has 0 radical (unpaired) electrons. The summed E-state index contributed by atoms with van der Waals surface area (Å²) >= 11 is 0. The Bertz CT molecular complexity index is 356. The molecular weight excluding hydrogens is 242 g/mol. The number of carbonyl (C=O) groups excluding carboxylic acids is 1. The van der Waals surface area contributed by atoms with Crippen LogP contribution in [0.4, 0.5) is 4.79 Å². The van der Waals surface area contributed by atoms with Crippen molar-refractivity contribution >= 4 is 16.1 Å². The van der Waals surface area contributed by atoms with Crippen LogP contribution in [0.2, 0.25) is 0 Å². The summed E-state index contributed by atoms with van der Waals surface area (Å²) in [6, 6.07) is -0.164. The Morgan fingerprint density at radius 1 is 1.47 bits per heavy atom. The quantitative estimate of drug-likeness (QED) is 0.748. The molecule has 100 valence electrons. The molecule has 2 amide bonds. The molecule has 1 saturated heterocycles. The lowest BCUT2D eigenvalue weighted by Gasteiger charge is -2.30. The molecule has 1 rings (SSSR count). The Morgan fingerprint density at radius 3 is 2.76 bits per heavy atom. The van der Waals surface area contributed by atoms with Crippen molar-refractivity contribution in [1.82, 2.24) is 14.9 Å². The van der Waals surface area contributed by atoms with Crippen molar-refractivity contribution in [3.05, 3.63) is 0 Å². The fraction of sp³-hybridized carbons (Fsp3) is 0.900. The van der Waals surface area contributed by atoms with E-state index in [4.69, 9.17) is 0 Å². The van der Waals surface area contributed by atoms with Crippen molar-refractivity contribution in [3.8, 4) is 0 Å². The van der Waals surface area contributed by atoms with Gasteiger partial charge in [-0.05, 0) is 25.8 Å². The Morgan fingerprint density at radius 2 is 2.18 bits per heavy atom. The maximum absolute atomic E-state index is 11.7. The summed E-state index contributed by atoms with van der Waals surface area (Å²) in [5, 5.41) is 2.63. The first kappa shape index (κ1) is 14.2. The first-order valence-electron chi connectivity index (χ1n) is 5.88. The first-order valence-corrected chi connectivity index (χ1v) is 7.54. The molecule has 17 heavy (non-hydrogen) atoms. The van der Waals surface area contributed by atoms with E-state index in [0.717, 1.165) is 25.9 Å². The Balaban J connectivity index is 2.30. The molecule has 1 aliphatic rings. The molecule has 0 saturated carbocycles. The molecule has 2 N–H and O–H groups in total. The van der Waals surface area contributed by atoms with Crippen LogP contribution < -0.4 is 10.0 Å². The van der Waals surface area contributed by atoms with Gasteiger partial charge < -0.3 is 10.2 Å². The summed E-state index contributed by atoms with van der Waals surface area (Å²) in [6.45, 7) is 3.78. The van der Waals surface area contributed by atoms with Crippen LogP contribution in [0.25, 0.3) is 0 Å². The van der Waals surface area contributed by atoms with Gasteiger partial charge >= 0.3 is 6.03 Å². The van der Waals surface area contributed by atoms with Gasteiger partial charge in [-0.25, -0.2) is 17.9 Å². The van der Waals surface area contributed by atoms with Gasteiger partial charge in [-0.15, -0.1) is 0 Å². The minimum absolute atomic E-state index is 0.0847. The minimum Gasteiger partial charge on any atom is -0.337 e. The van der Waals surface area contributed by atoms with Gasteiger partial charge in [-0.1, -0.05) is 6.92 Å². The van der Waals surface area contributed by atoms with Crippen LogP contribution in [0, 0.1) is 5.92 Å². The van der Waals surface area contributed by atoms with E-state index in [1.165, 1.54) is 7.05 Å². The number of likely N-dealkylation sites (tertiary alicyclic amines) is 1. The summed E-state index contributed by atoms with van der Waals surface area (Å²) in [7, 11) is -1.88. The fourth-order valence-corrected chi connectivity index (χ4v) is 2.45. The molecule has 1 heterocycles. The van der Waals surface area contributed by atoms with Crippen LogP contribution in [0.3, 0.4) is 0 Å². The van der Waals surface area contributed by atoms with E-state index in [1.54, 1.807) is 4.90 Å². The zero-order chi connectivity index (χ0) is 12.9. The Hall–Kier alpha value is -0.820. The topological polar surface area (TPSA) is 78.5 Å². The second-order valence-corrected chi connectivity index (χ2v) is 6.49. The van der Waals surface area contributed by atoms with Gasteiger partial charge in [0.05, 0.1) is 5.75 Å². The van der Waals surface area contributed by atoms with Gasteiger partial charge in [0, 0.05) is 19.6 Å². The van der Waals surface area contributed by atoms with Crippen LogP contribution in [0.1, 0.15) is 19.8 Å². The Labute approximate surface area is 103 Å². The van der Waals surface area contributed by atoms with Crippen LogP contribution in [0.15, 0.2) is 0 Å². The zero-order valence-corrected chi connectivity index (χ0v) is 11.2. The molecule has 0 aliphatic carbocycles. The van der Waals surface area contributed by atoms with Crippen LogP contribution >= 0.6 is 0 Å². The number of hydrogen-bond acceptors (Lipinski definition) is 3. The molecule has 0 aromatic rings. The predicted molar refractivity (Wildman–Crippen MR) is 66.2 cm³/mol. The molecule has 6 nitrogen and oxygen atoms in total. The monoisotopic (exact) mass is 263 g/mol. The highest BCUT2D eigenvalue weighted by Gasteiger charge is 2.20. The third-order valence-electron chi connectivity index (χ3n) is 2.90. The number of amides is 2. The molecule has 0 spiro atoms. The van der Waals surface area contributed by atoms with E-state index in [1.807, 2.05) is 0 Å². The largest absolute Gasteiger partial charge is 0.337 e. The molecule has 0 bridgehead atoms. The highest BCUT2D eigenvalue weighted by molar-refractivity contribution is 7.89. The van der Waals surface area contributed by atoms with Gasteiger partial charge in [0.25, 0.3) is 0 Å². The lowest BCUT2D eigenvalue weighted by atomic mass is 10.0. The highest BCUT2D eigenvalue weighted by Crippen LogP contribution is 2.14. The van der Waals surface area contributed by atoms with Gasteiger partial charge in [0.1, 0.15) is 0 Å². The van der Waals surface area contributed by atoms with Gasteiger partial charge in [0.15, 0.2) is 0 Å². The normalized spacial score (nSPS) is 21.3. The number of rotatable bonds is 4. The smallest absolute Gasteiger partial charge is 0.317 e. The van der Waals surface area contributed by atoms with E-state index < -0.39 is 10.0 Å². The zero-order valence-electron chi connectivity index (χ0n) is 10.4. The molecule has 1 aliphatic heterocycles. The summed E-state index contributed by atoms with van der Waals surface area (Å²) in [5.41, 5.74) is 0. The van der Waals surface area contributed by atoms with E-state index in [9.17, 15) is 13.2 Å². The van der Waals surface area contributed by atoms with Crippen molar-refractivity contribution in [2.75, 3.05) is 32.4 Å². The average molecular weight is 263 g/mol. The molecule has 0 aromatic heterocycles. The number of carbonyl (C=O) groups is 1. The average Bonchev–Trinajstić information content (AvgIpc) is 2.28. The molecule has 1 unspecified atom stereocenters. The number of nitrogens with zero attached hydrogens (tertiary/aromatic N) is 1. The second-order valence-electron chi connectivity index (χ2n) is 4.45. The summed E-state index contributed by atoms with van der Waals surface area (Å²) in [6.07, 6.45) is 2.17. The number of sulfonamides is 1. The lowest BCUT2D eigenvalue weighted by Crippen LogP contribution is -2.46. The lowest BCUT2D eigenvalue weighted by molar-refractivity contribution is 0.170. The summed E-state index contributed by atoms with van der Waals surface area (Å²) in [4.78, 5) is 13.5. The number of nitrogens with one attached hydrogen (secondary N) is 2. The second kappa shape index (κ2) is 6.20. The van der Waals surface area contributed by atoms with Gasteiger partial charge in [-0.3, -0.25) is 0 Å². The summed E-state index contributed by atoms with van der Waals surface area (Å²) in [5.74, 6) is 0.439. The van der Waals surface area contributed by atoms with Crippen LogP contribution in [-0.4, -0.2) is 51.8 Å². The molecule has 0 aromatic carbocycles. The predicted octanol–water partition coefficient (Wildman–Crippen LogP) is -0.0229. The number of urea groups is 1. The highest BCUT2D eigenvalue weighted by atomic mass is 32.2. The van der Waals surface area contributed by atoms with Crippen molar-refractivity contribution < 1.29 is 13.2 Å². The standard InChI is InChI=1S/C10H21N3O3S/c1-9-4-3-6-13(8-9)10(14)12-5-7-17(15,16)11-2/h9,11H,3-8H2,1-2H3,(H,12,14). The minimum atomic E-state index is -3.24. The van der Waals surface area contributed by atoms with E-state index in [-0.39, 0.29) is 18.3 Å². The van der Waals surface area contributed by atoms with E-state index in [0.29, 0.717) is 5.92 Å². The third kappa shape index (κ3) is 4.91. The molecule has 7 heteroatoms. The molecular formula is C10H21N3O3S. The first-order chi connectivity index (χ1) is 7.94. The number of hydrogen-bond donors (Lipinski definition) is 2. The van der Waals surface area contributed by atoms with Crippen LogP contribution in [-0.2, 0) is 10.0 Å². The van der Waals surface area contributed by atoms with Crippen LogP contribution in [0.5, 0.6) is 0 Å². The third-order valence-corrected chi connectivity index (χ3v) is 4.27. The SMILES string of the molecule is CNS(=O)(=O)CCNC(=O)N1CCCC(C)C1. The van der Waals surface area contributed by atoms with E-state index >= 15 is 0 Å². The van der Waals surface area contributed by atoms with E-state index in [2.05, 4.69) is 17.0 Å². The number of piperidine rings is 1. The van der Waals surface area contributed by atoms with Gasteiger partial charge in [0.2, 0.25) is 10.0 Å².